The average molecular weight is 391 g/mol. The van der Waals surface area contributed by atoms with E-state index in [-0.39, 0.29) is 36.0 Å². The van der Waals surface area contributed by atoms with Crippen LogP contribution in [0.15, 0.2) is 47.4 Å². The third-order valence-electron chi connectivity index (χ3n) is 3.93. The molecule has 0 aliphatic rings. The second-order valence-corrected chi connectivity index (χ2v) is 7.88. The molecule has 0 aliphatic heterocycles. The van der Waals surface area contributed by atoms with Crippen molar-refractivity contribution >= 4 is 21.6 Å². The summed E-state index contributed by atoms with van der Waals surface area (Å²) in [6.45, 7) is 3.96. The summed E-state index contributed by atoms with van der Waals surface area (Å²) in [6, 6.07) is 10.6. The molecule has 0 heterocycles. The van der Waals surface area contributed by atoms with Crippen molar-refractivity contribution in [1.82, 2.24) is 10.0 Å². The van der Waals surface area contributed by atoms with Crippen LogP contribution in [-0.4, -0.2) is 32.3 Å². The van der Waals surface area contributed by atoms with Gasteiger partial charge in [0.25, 0.3) is 5.69 Å². The smallest absolute Gasteiger partial charge is 0.270 e. The maximum atomic E-state index is 12.2. The van der Waals surface area contributed by atoms with E-state index in [0.29, 0.717) is 0 Å². The Hall–Kier alpha value is -2.78. The number of aryl methyl sites for hydroxylation is 2. The minimum Gasteiger partial charge on any atom is -0.355 e. The Morgan fingerprint density at radius 3 is 2.56 bits per heavy atom. The van der Waals surface area contributed by atoms with Crippen LogP contribution >= 0.6 is 0 Å². The largest absolute Gasteiger partial charge is 0.355 e. The van der Waals surface area contributed by atoms with Crippen LogP contribution in [0.4, 0.5) is 5.69 Å². The average Bonchev–Trinajstić information content (AvgIpc) is 2.62. The molecule has 0 aliphatic carbocycles. The van der Waals surface area contributed by atoms with Gasteiger partial charge in [0.2, 0.25) is 15.9 Å². The first-order valence-corrected chi connectivity index (χ1v) is 9.74. The molecule has 0 radical (unpaired) electrons. The molecule has 2 N–H and O–H groups in total. The van der Waals surface area contributed by atoms with E-state index >= 15 is 0 Å². The molecule has 0 spiro atoms. The van der Waals surface area contributed by atoms with E-state index in [1.165, 1.54) is 18.2 Å². The molecule has 2 rings (SSSR count). The third-order valence-corrected chi connectivity index (χ3v) is 5.39. The first kappa shape index (κ1) is 20.5. The number of sulfonamides is 1. The van der Waals surface area contributed by atoms with E-state index in [4.69, 9.17) is 0 Å². The normalized spacial score (nSPS) is 11.2. The van der Waals surface area contributed by atoms with Gasteiger partial charge in [-0.1, -0.05) is 29.8 Å². The van der Waals surface area contributed by atoms with Crippen molar-refractivity contribution in [3.05, 3.63) is 69.3 Å². The lowest BCUT2D eigenvalue weighted by molar-refractivity contribution is -0.385. The number of non-ortho nitro benzene ring substituents is 1. The van der Waals surface area contributed by atoms with E-state index in [1.54, 1.807) is 0 Å². The molecule has 9 heteroatoms. The summed E-state index contributed by atoms with van der Waals surface area (Å²) in [6.07, 6.45) is 0.213. The van der Waals surface area contributed by atoms with Crippen molar-refractivity contribution in [2.75, 3.05) is 13.1 Å². The fourth-order valence-corrected chi connectivity index (χ4v) is 3.53. The number of amides is 1. The summed E-state index contributed by atoms with van der Waals surface area (Å²) in [5.74, 6) is -0.210. The molecule has 0 bridgehead atoms. The minimum atomic E-state index is -3.89. The number of carbonyl (C=O) groups excluding carboxylic acids is 1. The Morgan fingerprint density at radius 1 is 1.11 bits per heavy atom. The van der Waals surface area contributed by atoms with Crippen molar-refractivity contribution in [3.63, 3.8) is 0 Å². The molecule has 0 saturated heterocycles. The molecule has 0 saturated carbocycles. The topological polar surface area (TPSA) is 118 Å². The first-order valence-electron chi connectivity index (χ1n) is 8.26. The quantitative estimate of drug-likeness (QED) is 0.404. The van der Waals surface area contributed by atoms with Crippen molar-refractivity contribution in [2.45, 2.75) is 25.2 Å². The summed E-state index contributed by atoms with van der Waals surface area (Å²) in [5, 5.41) is 13.4. The first-order chi connectivity index (χ1) is 12.7. The molecule has 1 amide bonds. The van der Waals surface area contributed by atoms with Crippen molar-refractivity contribution < 1.29 is 18.1 Å². The van der Waals surface area contributed by atoms with Crippen molar-refractivity contribution in [3.8, 4) is 0 Å². The van der Waals surface area contributed by atoms with Crippen molar-refractivity contribution in [2.24, 2.45) is 0 Å². The van der Waals surface area contributed by atoms with E-state index < -0.39 is 14.9 Å². The lowest BCUT2D eigenvalue weighted by atomic mass is 10.0. The van der Waals surface area contributed by atoms with E-state index in [9.17, 15) is 23.3 Å². The van der Waals surface area contributed by atoms with Gasteiger partial charge in [0.15, 0.2) is 0 Å². The molecule has 0 aromatic heterocycles. The van der Waals surface area contributed by atoms with Crippen LogP contribution in [-0.2, 0) is 21.2 Å². The van der Waals surface area contributed by atoms with Gasteiger partial charge >= 0.3 is 0 Å². The maximum Gasteiger partial charge on any atom is 0.270 e. The summed E-state index contributed by atoms with van der Waals surface area (Å²) >= 11 is 0. The predicted octanol–water partition coefficient (Wildman–Crippen LogP) is 1.85. The summed E-state index contributed by atoms with van der Waals surface area (Å²) < 4.78 is 26.7. The number of nitrogens with zero attached hydrogens (tertiary/aromatic N) is 1. The fraction of sp³-hybridized carbons (Fsp3) is 0.278. The molecule has 27 heavy (non-hydrogen) atoms. The lowest BCUT2D eigenvalue weighted by Crippen LogP contribution is -2.35. The molecule has 0 unspecified atom stereocenters. The Kier molecular flexibility index (Phi) is 6.65. The fourth-order valence-electron chi connectivity index (χ4n) is 2.46. The zero-order valence-corrected chi connectivity index (χ0v) is 15.9. The minimum absolute atomic E-state index is 0.0242. The number of hydrogen-bond donors (Lipinski definition) is 2. The maximum absolute atomic E-state index is 12.2. The lowest BCUT2D eigenvalue weighted by Gasteiger charge is -2.10. The number of nitro benzene ring substituents is 1. The van der Waals surface area contributed by atoms with E-state index in [2.05, 4.69) is 10.0 Å². The van der Waals surface area contributed by atoms with Crippen LogP contribution in [0, 0.1) is 24.0 Å². The van der Waals surface area contributed by atoms with Gasteiger partial charge in [-0.3, -0.25) is 14.9 Å². The highest BCUT2D eigenvalue weighted by Gasteiger charge is 2.17. The van der Waals surface area contributed by atoms with Crippen LogP contribution in [0.3, 0.4) is 0 Å². The SMILES string of the molecule is Cc1ccc(C)c(CC(=O)NCCNS(=O)(=O)c2cccc([N+](=O)[O-])c2)c1. The van der Waals surface area contributed by atoms with Crippen LogP contribution in [0.2, 0.25) is 0 Å². The molecule has 0 fully saturated rings. The van der Waals surface area contributed by atoms with E-state index in [0.717, 1.165) is 22.8 Å². The molecular formula is C18H21N3O5S. The van der Waals surface area contributed by atoms with Crippen LogP contribution < -0.4 is 10.0 Å². The molecule has 2 aromatic rings. The monoisotopic (exact) mass is 391 g/mol. The number of nitro groups is 1. The number of carbonyl (C=O) groups is 1. The van der Waals surface area contributed by atoms with Crippen LogP contribution in [0.5, 0.6) is 0 Å². The Balaban J connectivity index is 1.86. The Bertz CT molecular complexity index is 957. The highest BCUT2D eigenvalue weighted by Crippen LogP contribution is 2.17. The third kappa shape index (κ3) is 5.87. The number of benzene rings is 2. The Labute approximate surface area is 157 Å². The molecular weight excluding hydrogens is 370 g/mol. The zero-order valence-electron chi connectivity index (χ0n) is 15.1. The molecule has 8 nitrogen and oxygen atoms in total. The van der Waals surface area contributed by atoms with Gasteiger partial charge in [0, 0.05) is 25.2 Å². The van der Waals surface area contributed by atoms with Gasteiger partial charge in [0.1, 0.15) is 0 Å². The highest BCUT2D eigenvalue weighted by molar-refractivity contribution is 7.89. The summed E-state index contributed by atoms with van der Waals surface area (Å²) in [4.78, 5) is 21.9. The van der Waals surface area contributed by atoms with Gasteiger partial charge < -0.3 is 5.32 Å². The summed E-state index contributed by atoms with van der Waals surface area (Å²) in [7, 11) is -3.89. The molecule has 0 atom stereocenters. The zero-order chi connectivity index (χ0) is 20.0. The van der Waals surface area contributed by atoms with Gasteiger partial charge in [0.05, 0.1) is 16.2 Å². The van der Waals surface area contributed by atoms with Crippen LogP contribution in [0.1, 0.15) is 16.7 Å². The van der Waals surface area contributed by atoms with Gasteiger partial charge in [-0.2, -0.15) is 0 Å². The standard InChI is InChI=1S/C18H21N3O5S/c1-13-6-7-14(2)15(10-13)11-18(22)19-8-9-20-27(25,26)17-5-3-4-16(12-17)21(23)24/h3-7,10,12,20H,8-9,11H2,1-2H3,(H,19,22). The number of hydrogen-bond acceptors (Lipinski definition) is 5. The number of nitrogens with one attached hydrogen (secondary N) is 2. The van der Waals surface area contributed by atoms with Gasteiger partial charge in [-0.05, 0) is 31.0 Å². The van der Waals surface area contributed by atoms with Gasteiger partial charge in [-0.25, -0.2) is 13.1 Å². The van der Waals surface area contributed by atoms with Gasteiger partial charge in [-0.15, -0.1) is 0 Å². The van der Waals surface area contributed by atoms with Crippen molar-refractivity contribution in [1.29, 1.82) is 0 Å². The number of rotatable bonds is 8. The Morgan fingerprint density at radius 2 is 1.85 bits per heavy atom. The molecule has 2 aromatic carbocycles. The predicted molar refractivity (Wildman–Crippen MR) is 101 cm³/mol. The second-order valence-electron chi connectivity index (χ2n) is 6.11. The summed E-state index contributed by atoms with van der Waals surface area (Å²) in [5.41, 5.74) is 2.69. The van der Waals surface area contributed by atoms with E-state index in [1.807, 2.05) is 32.0 Å². The molecule has 144 valence electrons. The highest BCUT2D eigenvalue weighted by atomic mass is 32.2. The van der Waals surface area contributed by atoms with Crippen LogP contribution in [0.25, 0.3) is 0 Å². The second kappa shape index (κ2) is 8.74.